The molecule has 1 aromatic carbocycles. The highest BCUT2D eigenvalue weighted by Crippen LogP contribution is 2.35. The molecule has 0 spiro atoms. The van der Waals surface area contributed by atoms with Gasteiger partial charge in [-0.1, -0.05) is 10.4 Å². The second-order valence-electron chi connectivity index (χ2n) is 7.54. The monoisotopic (exact) mass is 457 g/mol. The number of carbonyl (C=O) groups is 1. The van der Waals surface area contributed by atoms with Crippen LogP contribution in [0.1, 0.15) is 11.3 Å². The molecule has 5 rings (SSSR count). The summed E-state index contributed by atoms with van der Waals surface area (Å²) >= 11 is 1.41. The average Bonchev–Trinajstić information content (AvgIpc) is 3.60. The van der Waals surface area contributed by atoms with Crippen molar-refractivity contribution in [2.45, 2.75) is 31.4 Å². The van der Waals surface area contributed by atoms with Gasteiger partial charge in [-0.2, -0.15) is 0 Å². The van der Waals surface area contributed by atoms with Crippen molar-refractivity contribution in [3.63, 3.8) is 0 Å². The van der Waals surface area contributed by atoms with E-state index in [1.807, 2.05) is 12.1 Å². The van der Waals surface area contributed by atoms with Crippen LogP contribution in [0.3, 0.4) is 0 Å². The lowest BCUT2D eigenvalue weighted by Crippen LogP contribution is -2.31. The van der Waals surface area contributed by atoms with Crippen LogP contribution in [0.15, 0.2) is 47.9 Å². The van der Waals surface area contributed by atoms with Crippen molar-refractivity contribution in [2.24, 2.45) is 5.16 Å². The van der Waals surface area contributed by atoms with Crippen LogP contribution in [-0.4, -0.2) is 63.7 Å². The minimum atomic E-state index is -0.790. The van der Waals surface area contributed by atoms with E-state index < -0.39 is 12.0 Å². The lowest BCUT2D eigenvalue weighted by molar-refractivity contribution is -0.117. The van der Waals surface area contributed by atoms with E-state index >= 15 is 4.39 Å². The van der Waals surface area contributed by atoms with Gasteiger partial charge in [0.15, 0.2) is 18.6 Å². The minimum absolute atomic E-state index is 0.0942. The molecule has 1 saturated heterocycles. The highest BCUT2D eigenvalue weighted by molar-refractivity contribution is 7.17. The number of aldehydes is 1. The highest BCUT2D eigenvalue weighted by Gasteiger charge is 2.33. The van der Waals surface area contributed by atoms with Crippen LogP contribution in [0.4, 0.5) is 10.1 Å². The molecule has 1 fully saturated rings. The van der Waals surface area contributed by atoms with Gasteiger partial charge in [-0.25, -0.2) is 9.07 Å². The van der Waals surface area contributed by atoms with Crippen molar-refractivity contribution in [1.82, 2.24) is 15.0 Å². The Labute approximate surface area is 186 Å². The standard InChI is InChI=1S/C21H20FN5O4S/c22-17-7-13(27-10-15(30-21(27)12-29)9-26-6-5-23-25-26)1-2-16(17)19-3-4-20(32-19)18-8-14(11-28)31-24-18/h1-7,12,14-15,21,28H,8-11H2/t14?,15-,21?/m0/s1. The van der Waals surface area contributed by atoms with E-state index in [4.69, 9.17) is 9.57 Å². The topological polar surface area (TPSA) is 102 Å². The number of oxime groups is 1. The number of benzene rings is 1. The quantitative estimate of drug-likeness (QED) is 0.542. The zero-order valence-electron chi connectivity index (χ0n) is 16.9. The molecular weight excluding hydrogens is 437 g/mol. The Morgan fingerprint density at radius 1 is 1.25 bits per heavy atom. The SMILES string of the molecule is O=CC1O[C@@H](Cn2ccnn2)CN1c1ccc(-c2ccc(C3=NOC(CO)C3)s2)c(F)c1. The molecule has 2 aromatic heterocycles. The summed E-state index contributed by atoms with van der Waals surface area (Å²) in [6, 6.07) is 8.63. The molecule has 1 N–H and O–H groups in total. The fraction of sp³-hybridized carbons (Fsp3) is 0.333. The minimum Gasteiger partial charge on any atom is -0.392 e. The lowest BCUT2D eigenvalue weighted by atomic mass is 10.1. The summed E-state index contributed by atoms with van der Waals surface area (Å²) in [6.45, 7) is 0.782. The van der Waals surface area contributed by atoms with Crippen molar-refractivity contribution in [1.29, 1.82) is 0 Å². The van der Waals surface area contributed by atoms with Crippen molar-refractivity contribution >= 4 is 29.0 Å². The van der Waals surface area contributed by atoms with Gasteiger partial charge in [0.25, 0.3) is 0 Å². The summed E-state index contributed by atoms with van der Waals surface area (Å²) in [5, 5.41) is 20.9. The number of aliphatic hydroxyl groups is 1. The molecule has 4 heterocycles. The summed E-state index contributed by atoms with van der Waals surface area (Å²) in [7, 11) is 0. The number of anilines is 1. The summed E-state index contributed by atoms with van der Waals surface area (Å²) in [4.78, 5) is 20.1. The van der Waals surface area contributed by atoms with Crippen LogP contribution < -0.4 is 4.90 Å². The number of ether oxygens (including phenoxy) is 1. The molecule has 32 heavy (non-hydrogen) atoms. The fourth-order valence-electron chi connectivity index (χ4n) is 3.83. The first-order chi connectivity index (χ1) is 15.6. The molecule has 166 valence electrons. The maximum Gasteiger partial charge on any atom is 0.187 e. The first-order valence-corrected chi connectivity index (χ1v) is 10.9. The van der Waals surface area contributed by atoms with Crippen molar-refractivity contribution in [3.8, 4) is 10.4 Å². The number of thiophene rings is 1. The molecule has 0 bridgehead atoms. The van der Waals surface area contributed by atoms with Crippen LogP contribution in [0.2, 0.25) is 0 Å². The van der Waals surface area contributed by atoms with Gasteiger partial charge < -0.3 is 19.6 Å². The smallest absolute Gasteiger partial charge is 0.187 e. The Bertz CT molecular complexity index is 1140. The number of nitrogens with zero attached hydrogens (tertiary/aromatic N) is 5. The Hall–Kier alpha value is -3.15. The van der Waals surface area contributed by atoms with E-state index in [1.165, 1.54) is 17.4 Å². The number of aliphatic hydroxyl groups excluding tert-OH is 1. The van der Waals surface area contributed by atoms with Crippen LogP contribution in [0.5, 0.6) is 0 Å². The van der Waals surface area contributed by atoms with E-state index in [-0.39, 0.29) is 18.8 Å². The molecule has 0 saturated carbocycles. The molecule has 2 unspecified atom stereocenters. The Morgan fingerprint density at radius 3 is 2.84 bits per heavy atom. The van der Waals surface area contributed by atoms with Gasteiger partial charge >= 0.3 is 0 Å². The van der Waals surface area contributed by atoms with E-state index in [9.17, 15) is 9.90 Å². The second-order valence-corrected chi connectivity index (χ2v) is 8.63. The molecule has 2 aliphatic rings. The number of halogens is 1. The van der Waals surface area contributed by atoms with E-state index in [1.54, 1.807) is 34.1 Å². The summed E-state index contributed by atoms with van der Waals surface area (Å²) in [5.74, 6) is -0.391. The van der Waals surface area contributed by atoms with Gasteiger partial charge in [-0.15, -0.1) is 16.4 Å². The fourth-order valence-corrected chi connectivity index (χ4v) is 4.85. The molecule has 11 heteroatoms. The van der Waals surface area contributed by atoms with Crippen LogP contribution in [0, 0.1) is 5.82 Å². The molecule has 9 nitrogen and oxygen atoms in total. The normalized spacial score (nSPS) is 22.8. The predicted octanol–water partition coefficient (Wildman–Crippen LogP) is 2.06. The largest absolute Gasteiger partial charge is 0.392 e. The zero-order valence-corrected chi connectivity index (χ0v) is 17.7. The summed E-state index contributed by atoms with van der Waals surface area (Å²) in [5.41, 5.74) is 1.78. The van der Waals surface area contributed by atoms with Crippen molar-refractivity contribution < 1.29 is 23.9 Å². The van der Waals surface area contributed by atoms with Crippen molar-refractivity contribution in [3.05, 3.63) is 53.4 Å². The third kappa shape index (κ3) is 4.01. The number of hydrogen-bond donors (Lipinski definition) is 1. The second kappa shape index (κ2) is 8.77. The van der Waals surface area contributed by atoms with Crippen molar-refractivity contribution in [2.75, 3.05) is 18.1 Å². The Balaban J connectivity index is 1.33. The van der Waals surface area contributed by atoms with Gasteiger partial charge in [-0.3, -0.25) is 4.79 Å². The average molecular weight is 457 g/mol. The van der Waals surface area contributed by atoms with Crippen LogP contribution in [-0.2, 0) is 20.9 Å². The third-order valence-corrected chi connectivity index (χ3v) is 6.56. The van der Waals surface area contributed by atoms with Gasteiger partial charge in [0.2, 0.25) is 0 Å². The number of aromatic nitrogens is 3. The van der Waals surface area contributed by atoms with Crippen LogP contribution in [0.25, 0.3) is 10.4 Å². The molecule has 0 aliphatic carbocycles. The molecule has 3 atom stereocenters. The maximum atomic E-state index is 15.1. The lowest BCUT2D eigenvalue weighted by Gasteiger charge is -2.21. The molecular formula is C21H20FN5O4S. The molecule has 2 aliphatic heterocycles. The van der Waals surface area contributed by atoms with E-state index in [2.05, 4.69) is 15.5 Å². The first kappa shape index (κ1) is 20.7. The third-order valence-electron chi connectivity index (χ3n) is 5.40. The zero-order chi connectivity index (χ0) is 22.1. The molecule has 0 amide bonds. The number of hydrogen-bond acceptors (Lipinski definition) is 9. The van der Waals surface area contributed by atoms with E-state index in [0.29, 0.717) is 37.0 Å². The van der Waals surface area contributed by atoms with Gasteiger partial charge in [0, 0.05) is 35.3 Å². The first-order valence-electron chi connectivity index (χ1n) is 10.1. The summed E-state index contributed by atoms with van der Waals surface area (Å²) < 4.78 is 22.5. The van der Waals surface area contributed by atoms with E-state index in [0.717, 1.165) is 15.5 Å². The predicted molar refractivity (Wildman–Crippen MR) is 115 cm³/mol. The van der Waals surface area contributed by atoms with Gasteiger partial charge in [0.1, 0.15) is 11.5 Å². The number of carbonyl (C=O) groups excluding carboxylic acids is 1. The number of rotatable bonds is 7. The van der Waals surface area contributed by atoms with Gasteiger partial charge in [-0.05, 0) is 30.3 Å². The Morgan fingerprint density at radius 2 is 2.12 bits per heavy atom. The molecule has 0 radical (unpaired) electrons. The summed E-state index contributed by atoms with van der Waals surface area (Å²) in [6.07, 6.45) is 3.14. The van der Waals surface area contributed by atoms with Gasteiger partial charge in [0.05, 0.1) is 30.3 Å². The van der Waals surface area contributed by atoms with Crippen LogP contribution >= 0.6 is 11.3 Å². The Kier molecular flexibility index (Phi) is 5.68. The maximum absolute atomic E-state index is 15.1. The molecule has 3 aromatic rings. The highest BCUT2D eigenvalue weighted by atomic mass is 32.1.